The van der Waals surface area contributed by atoms with Gasteiger partial charge in [-0.3, -0.25) is 4.98 Å². The number of nitrogens with zero attached hydrogens (tertiary/aromatic N) is 5. The van der Waals surface area contributed by atoms with E-state index >= 15 is 0 Å². The molecule has 11 heteroatoms. The number of methoxy groups -OCH3 is 1. The second kappa shape index (κ2) is 8.83. The molecule has 0 aliphatic rings. The van der Waals surface area contributed by atoms with Crippen molar-refractivity contribution in [3.05, 3.63) is 72.1 Å². The van der Waals surface area contributed by atoms with Gasteiger partial charge in [-0.15, -0.1) is 5.10 Å². The van der Waals surface area contributed by atoms with Crippen LogP contribution >= 0.6 is 0 Å². The summed E-state index contributed by atoms with van der Waals surface area (Å²) in [7, 11) is -2.50. The van der Waals surface area contributed by atoms with Crippen LogP contribution in [-0.4, -0.2) is 45.8 Å². The molecular weight excluding hydrogens is 432 g/mol. The number of sulfonamides is 1. The van der Waals surface area contributed by atoms with Gasteiger partial charge in [0.2, 0.25) is 10.0 Å². The van der Waals surface area contributed by atoms with Crippen molar-refractivity contribution in [2.75, 3.05) is 7.11 Å². The maximum Gasteiger partial charge on any atom is 0.238 e. The van der Waals surface area contributed by atoms with Gasteiger partial charge >= 0.3 is 0 Å². The lowest BCUT2D eigenvalue weighted by molar-refractivity contribution is 0.277. The van der Waals surface area contributed by atoms with Crippen molar-refractivity contribution in [3.8, 4) is 28.3 Å². The van der Waals surface area contributed by atoms with Crippen molar-refractivity contribution >= 4 is 10.0 Å². The van der Waals surface area contributed by atoms with Crippen molar-refractivity contribution < 1.29 is 18.3 Å². The number of rotatable bonds is 7. The molecule has 0 fully saturated rings. The molecule has 10 nitrogen and oxygen atoms in total. The lowest BCUT2D eigenvalue weighted by atomic mass is 10.00. The number of primary sulfonamides is 1. The van der Waals surface area contributed by atoms with Gasteiger partial charge in [-0.05, 0) is 45.8 Å². The van der Waals surface area contributed by atoms with E-state index in [-0.39, 0.29) is 22.9 Å². The van der Waals surface area contributed by atoms with Crippen molar-refractivity contribution in [1.29, 1.82) is 0 Å². The number of nitrogens with two attached hydrogens (primary N) is 1. The summed E-state index contributed by atoms with van der Waals surface area (Å²) < 4.78 is 31.5. The molecule has 0 saturated heterocycles. The highest BCUT2D eigenvalue weighted by molar-refractivity contribution is 7.89. The second-order valence-electron chi connectivity index (χ2n) is 6.93. The molecular formula is C21H20N6O4S. The number of hydrogen-bond donors (Lipinski definition) is 2. The van der Waals surface area contributed by atoms with Gasteiger partial charge in [0.1, 0.15) is 5.75 Å². The summed E-state index contributed by atoms with van der Waals surface area (Å²) in [6.07, 6.45) is 1.55. The van der Waals surface area contributed by atoms with Gasteiger partial charge in [0.05, 0.1) is 30.9 Å². The molecule has 0 spiro atoms. The van der Waals surface area contributed by atoms with Crippen LogP contribution in [0.15, 0.2) is 65.7 Å². The highest BCUT2D eigenvalue weighted by atomic mass is 32.2. The van der Waals surface area contributed by atoms with E-state index < -0.39 is 10.0 Å². The van der Waals surface area contributed by atoms with E-state index in [9.17, 15) is 13.5 Å². The minimum absolute atomic E-state index is 0.105. The summed E-state index contributed by atoms with van der Waals surface area (Å²) in [5.41, 5.74) is 2.82. The molecule has 4 aromatic rings. The van der Waals surface area contributed by atoms with E-state index in [1.54, 1.807) is 37.6 Å². The van der Waals surface area contributed by atoms with Crippen LogP contribution in [0.25, 0.3) is 22.5 Å². The Kier molecular flexibility index (Phi) is 5.95. The van der Waals surface area contributed by atoms with E-state index in [1.807, 2.05) is 24.3 Å². The quantitative estimate of drug-likeness (QED) is 0.430. The maximum atomic E-state index is 12.4. The van der Waals surface area contributed by atoms with Gasteiger partial charge in [-0.2, -0.15) is 0 Å². The minimum atomic E-state index is -4.09. The Morgan fingerprint density at radius 2 is 1.88 bits per heavy atom. The third-order valence-corrected chi connectivity index (χ3v) is 5.83. The fourth-order valence-corrected chi connectivity index (χ4v) is 4.06. The normalized spacial score (nSPS) is 11.5. The molecule has 0 unspecified atom stereocenters. The van der Waals surface area contributed by atoms with Crippen LogP contribution in [0.2, 0.25) is 0 Å². The first-order valence-corrected chi connectivity index (χ1v) is 11.1. The first-order chi connectivity index (χ1) is 15.4. The molecule has 32 heavy (non-hydrogen) atoms. The average Bonchev–Trinajstić information content (AvgIpc) is 3.26. The number of aliphatic hydroxyl groups excluding tert-OH is 1. The molecule has 4 rings (SSSR count). The van der Waals surface area contributed by atoms with Crippen LogP contribution < -0.4 is 9.88 Å². The van der Waals surface area contributed by atoms with E-state index in [2.05, 4.69) is 20.5 Å². The van der Waals surface area contributed by atoms with Gasteiger partial charge in [-0.1, -0.05) is 30.3 Å². The fraction of sp³-hybridized carbons (Fsp3) is 0.143. The van der Waals surface area contributed by atoms with Crippen LogP contribution in [0.4, 0.5) is 0 Å². The molecule has 0 bridgehead atoms. The van der Waals surface area contributed by atoms with Gasteiger partial charge in [-0.25, -0.2) is 18.2 Å². The molecule has 0 saturated carbocycles. The highest BCUT2D eigenvalue weighted by Crippen LogP contribution is 2.35. The highest BCUT2D eigenvalue weighted by Gasteiger charge is 2.24. The monoisotopic (exact) mass is 452 g/mol. The summed E-state index contributed by atoms with van der Waals surface area (Å²) >= 11 is 0. The molecule has 0 radical (unpaired) electrons. The van der Waals surface area contributed by atoms with Crippen molar-refractivity contribution in [2.45, 2.75) is 18.0 Å². The Labute approximate surface area is 184 Å². The van der Waals surface area contributed by atoms with E-state index in [4.69, 9.17) is 9.88 Å². The van der Waals surface area contributed by atoms with Crippen molar-refractivity contribution in [2.24, 2.45) is 5.14 Å². The Morgan fingerprint density at radius 3 is 2.50 bits per heavy atom. The summed E-state index contributed by atoms with van der Waals surface area (Å²) in [6.45, 7) is 0.0941. The average molecular weight is 452 g/mol. The fourth-order valence-electron chi connectivity index (χ4n) is 3.31. The number of aromatic nitrogens is 5. The smallest absolute Gasteiger partial charge is 0.238 e. The molecule has 3 N–H and O–H groups in total. The Hall–Kier alpha value is -3.67. The molecule has 164 valence electrons. The van der Waals surface area contributed by atoms with Crippen LogP contribution in [0.1, 0.15) is 11.3 Å². The Bertz CT molecular complexity index is 1340. The molecule has 2 aromatic carbocycles. The molecule has 2 heterocycles. The van der Waals surface area contributed by atoms with Crippen LogP contribution in [0, 0.1) is 0 Å². The molecule has 0 atom stereocenters. The van der Waals surface area contributed by atoms with Gasteiger partial charge in [0, 0.05) is 17.3 Å². The number of pyridine rings is 1. The Morgan fingerprint density at radius 1 is 1.09 bits per heavy atom. The predicted octanol–water partition coefficient (Wildman–Crippen LogP) is 1.60. The maximum absolute atomic E-state index is 12.4. The zero-order valence-corrected chi connectivity index (χ0v) is 17.9. The number of ether oxygens (including phenoxy) is 1. The Balaban J connectivity index is 1.86. The van der Waals surface area contributed by atoms with Gasteiger partial charge < -0.3 is 9.84 Å². The predicted molar refractivity (Wildman–Crippen MR) is 116 cm³/mol. The number of hydrogen-bond acceptors (Lipinski definition) is 8. The molecule has 2 aromatic heterocycles. The number of benzene rings is 2. The number of aliphatic hydroxyl groups is 1. The third kappa shape index (κ3) is 4.35. The van der Waals surface area contributed by atoms with E-state index in [0.29, 0.717) is 29.1 Å². The molecule has 0 aliphatic carbocycles. The first kappa shape index (κ1) is 21.6. The SMILES string of the molecule is COc1ccc(Cn2nnnc2-c2c(-c3ccc(CO)nc3)cccc2S(N)(=O)=O)cc1. The zero-order chi connectivity index (χ0) is 22.7. The minimum Gasteiger partial charge on any atom is -0.497 e. The van der Waals surface area contributed by atoms with Gasteiger partial charge in [0.25, 0.3) is 0 Å². The molecule has 0 amide bonds. The summed E-state index contributed by atoms with van der Waals surface area (Å²) in [6, 6.07) is 15.5. The largest absolute Gasteiger partial charge is 0.497 e. The van der Waals surface area contributed by atoms with E-state index in [1.165, 1.54) is 10.7 Å². The third-order valence-electron chi connectivity index (χ3n) is 4.88. The first-order valence-electron chi connectivity index (χ1n) is 9.52. The standard InChI is InChI=1S/C21H20N6O4S/c1-31-17-9-5-14(6-10-17)12-27-21(24-25-26-27)20-18(3-2-4-19(20)32(22,29)30)15-7-8-16(13-28)23-11-15/h2-11,28H,12-13H2,1H3,(H2,22,29,30). The topological polar surface area (TPSA) is 146 Å². The summed E-state index contributed by atoms with van der Waals surface area (Å²) in [4.78, 5) is 4.09. The van der Waals surface area contributed by atoms with Crippen LogP contribution in [0.3, 0.4) is 0 Å². The lowest BCUT2D eigenvalue weighted by Crippen LogP contribution is -2.15. The summed E-state index contributed by atoms with van der Waals surface area (Å²) in [5.74, 6) is 0.957. The second-order valence-corrected chi connectivity index (χ2v) is 8.46. The number of tetrazole rings is 1. The van der Waals surface area contributed by atoms with E-state index in [0.717, 1.165) is 5.56 Å². The van der Waals surface area contributed by atoms with Crippen molar-refractivity contribution in [1.82, 2.24) is 25.2 Å². The lowest BCUT2D eigenvalue weighted by Gasteiger charge is -2.14. The van der Waals surface area contributed by atoms with Crippen LogP contribution in [-0.2, 0) is 23.2 Å². The zero-order valence-electron chi connectivity index (χ0n) is 17.1. The van der Waals surface area contributed by atoms with Gasteiger partial charge in [0.15, 0.2) is 5.82 Å². The molecule has 0 aliphatic heterocycles. The van der Waals surface area contributed by atoms with Crippen LogP contribution in [0.5, 0.6) is 5.75 Å². The van der Waals surface area contributed by atoms with Crippen molar-refractivity contribution in [3.63, 3.8) is 0 Å². The summed E-state index contributed by atoms with van der Waals surface area (Å²) in [5, 5.41) is 26.7.